The maximum Gasteiger partial charge on any atom is 0.251 e. The highest BCUT2D eigenvalue weighted by Gasteiger charge is 2.26. The highest BCUT2D eigenvalue weighted by Crippen LogP contribution is 2.41. The number of benzene rings is 1. The minimum atomic E-state index is -0.118. The van der Waals surface area contributed by atoms with Gasteiger partial charge in [-0.3, -0.25) is 4.79 Å². The summed E-state index contributed by atoms with van der Waals surface area (Å²) in [6.07, 6.45) is 2.22. The van der Waals surface area contributed by atoms with Crippen LogP contribution in [0.15, 0.2) is 27.5 Å². The number of nitrogens with one attached hydrogen (secondary N) is 1. The average molecular weight is 349 g/mol. The molecule has 0 spiro atoms. The molecule has 1 fully saturated rings. The summed E-state index contributed by atoms with van der Waals surface area (Å²) < 4.78 is 12.0. The van der Waals surface area contributed by atoms with E-state index >= 15 is 0 Å². The normalized spacial score (nSPS) is 16.8. The van der Waals surface area contributed by atoms with Gasteiger partial charge in [0.15, 0.2) is 11.5 Å². The lowest BCUT2D eigenvalue weighted by atomic mass is 10.1. The van der Waals surface area contributed by atoms with E-state index in [1.807, 2.05) is 12.1 Å². The summed E-state index contributed by atoms with van der Waals surface area (Å²) in [6.45, 7) is 1.06. The van der Waals surface area contributed by atoms with Crippen LogP contribution in [0.5, 0.6) is 11.5 Å². The lowest BCUT2D eigenvalue weighted by molar-refractivity contribution is 0.170. The molecule has 0 radical (unpaired) electrons. The first kappa shape index (κ1) is 12.9. The molecule has 6 heteroatoms. The molecule has 1 aliphatic heterocycles. The molecule has 0 saturated heterocycles. The summed E-state index contributed by atoms with van der Waals surface area (Å²) >= 11 is 3.48. The maximum absolute atomic E-state index is 11.8. The van der Waals surface area contributed by atoms with E-state index < -0.39 is 0 Å². The molecule has 108 valence electrons. The summed E-state index contributed by atoms with van der Waals surface area (Å²) in [5.41, 5.74) is 1.57. The summed E-state index contributed by atoms with van der Waals surface area (Å²) in [5.74, 6) is 2.38. The van der Waals surface area contributed by atoms with E-state index in [4.69, 9.17) is 9.47 Å². The lowest BCUT2D eigenvalue weighted by Crippen LogP contribution is -2.16. The Balaban J connectivity index is 1.83. The van der Waals surface area contributed by atoms with Gasteiger partial charge in [-0.15, -0.1) is 0 Å². The van der Waals surface area contributed by atoms with E-state index in [9.17, 15) is 4.79 Å². The molecule has 0 amide bonds. The van der Waals surface area contributed by atoms with Gasteiger partial charge in [0.05, 0.1) is 10.2 Å². The second kappa shape index (κ2) is 4.87. The highest BCUT2D eigenvalue weighted by atomic mass is 79.9. The lowest BCUT2D eigenvalue weighted by Gasteiger charge is -2.20. The zero-order valence-corrected chi connectivity index (χ0v) is 12.8. The van der Waals surface area contributed by atoms with Crippen molar-refractivity contribution in [3.8, 4) is 22.9 Å². The van der Waals surface area contributed by atoms with Crippen LogP contribution >= 0.6 is 15.9 Å². The van der Waals surface area contributed by atoms with Crippen molar-refractivity contribution >= 4 is 15.9 Å². The highest BCUT2D eigenvalue weighted by molar-refractivity contribution is 9.10. The largest absolute Gasteiger partial charge is 0.486 e. The van der Waals surface area contributed by atoms with Crippen molar-refractivity contribution in [2.75, 3.05) is 13.2 Å². The Bertz CT molecular complexity index is 768. The van der Waals surface area contributed by atoms with Crippen LogP contribution in [0.25, 0.3) is 11.4 Å². The summed E-state index contributed by atoms with van der Waals surface area (Å²) in [6, 6.07) is 5.34. The number of hydrogen-bond acceptors (Lipinski definition) is 4. The standard InChI is InChI=1S/C15H13BrN2O3/c16-10-5-9(6-12-14(10)21-4-3-20-12)15-17-11(8-1-2-8)7-13(19)18-15/h5-8H,1-4H2,(H,17,18,19). The third kappa shape index (κ3) is 2.44. The SMILES string of the molecule is O=c1cc(C2CC2)nc(-c2cc(Br)c3c(c2)OCCO3)[nH]1. The van der Waals surface area contributed by atoms with Crippen molar-refractivity contribution in [2.24, 2.45) is 0 Å². The Morgan fingerprint density at radius 1 is 1.19 bits per heavy atom. The minimum absolute atomic E-state index is 0.118. The Morgan fingerprint density at radius 2 is 2.00 bits per heavy atom. The molecule has 1 aromatic carbocycles. The minimum Gasteiger partial charge on any atom is -0.486 e. The van der Waals surface area contributed by atoms with Crippen LogP contribution < -0.4 is 15.0 Å². The van der Waals surface area contributed by atoms with Gasteiger partial charge in [-0.25, -0.2) is 4.98 Å². The molecule has 0 atom stereocenters. The monoisotopic (exact) mass is 348 g/mol. The molecule has 1 saturated carbocycles. The molecule has 1 aliphatic carbocycles. The topological polar surface area (TPSA) is 64.2 Å². The van der Waals surface area contributed by atoms with Crippen molar-refractivity contribution < 1.29 is 9.47 Å². The Kier molecular flexibility index (Phi) is 2.99. The van der Waals surface area contributed by atoms with Gasteiger partial charge in [-0.05, 0) is 40.9 Å². The second-order valence-corrected chi connectivity index (χ2v) is 6.13. The van der Waals surface area contributed by atoms with Gasteiger partial charge in [0.1, 0.15) is 19.0 Å². The molecule has 2 aromatic rings. The molecule has 21 heavy (non-hydrogen) atoms. The summed E-state index contributed by atoms with van der Waals surface area (Å²) in [5, 5.41) is 0. The van der Waals surface area contributed by atoms with Crippen molar-refractivity contribution in [2.45, 2.75) is 18.8 Å². The number of rotatable bonds is 2. The van der Waals surface area contributed by atoms with E-state index in [1.54, 1.807) is 6.07 Å². The van der Waals surface area contributed by atoms with E-state index in [0.29, 0.717) is 36.5 Å². The predicted octanol–water partition coefficient (Wildman–Crippen LogP) is 2.85. The third-order valence-electron chi connectivity index (χ3n) is 3.63. The van der Waals surface area contributed by atoms with E-state index in [1.165, 1.54) is 0 Å². The van der Waals surface area contributed by atoms with E-state index in [0.717, 1.165) is 28.6 Å². The number of H-pyrrole nitrogens is 1. The fraction of sp³-hybridized carbons (Fsp3) is 0.333. The molecule has 2 aliphatic rings. The van der Waals surface area contributed by atoms with Crippen LogP contribution in [-0.2, 0) is 0 Å². The molecule has 1 N–H and O–H groups in total. The van der Waals surface area contributed by atoms with Gasteiger partial charge in [0.2, 0.25) is 0 Å². The van der Waals surface area contributed by atoms with Gasteiger partial charge in [-0.1, -0.05) is 0 Å². The predicted molar refractivity (Wildman–Crippen MR) is 81.0 cm³/mol. The molecule has 5 nitrogen and oxygen atoms in total. The zero-order valence-electron chi connectivity index (χ0n) is 11.2. The van der Waals surface area contributed by atoms with Crippen molar-refractivity contribution in [3.05, 3.63) is 38.7 Å². The number of ether oxygens (including phenoxy) is 2. The Hall–Kier alpha value is -1.82. The smallest absolute Gasteiger partial charge is 0.251 e. The first-order valence-electron chi connectivity index (χ1n) is 6.91. The average Bonchev–Trinajstić information content (AvgIpc) is 3.31. The van der Waals surface area contributed by atoms with Crippen molar-refractivity contribution in [1.29, 1.82) is 0 Å². The van der Waals surface area contributed by atoms with E-state index in [-0.39, 0.29) is 5.56 Å². The third-order valence-corrected chi connectivity index (χ3v) is 4.22. The molecular weight excluding hydrogens is 336 g/mol. The molecular formula is C15H13BrN2O3. The van der Waals surface area contributed by atoms with Crippen molar-refractivity contribution in [1.82, 2.24) is 9.97 Å². The number of hydrogen-bond donors (Lipinski definition) is 1. The number of halogens is 1. The van der Waals surface area contributed by atoms with Crippen LogP contribution in [0.1, 0.15) is 24.5 Å². The maximum atomic E-state index is 11.8. The summed E-state index contributed by atoms with van der Waals surface area (Å²) in [7, 11) is 0. The van der Waals surface area contributed by atoms with Crippen LogP contribution in [-0.4, -0.2) is 23.2 Å². The number of aromatic amines is 1. The van der Waals surface area contributed by atoms with Gasteiger partial charge in [0, 0.05) is 17.5 Å². The number of fused-ring (bicyclic) bond motifs is 1. The Morgan fingerprint density at radius 3 is 2.81 bits per heavy atom. The molecule has 0 bridgehead atoms. The zero-order chi connectivity index (χ0) is 14.4. The molecule has 1 aromatic heterocycles. The second-order valence-electron chi connectivity index (χ2n) is 5.28. The fourth-order valence-electron chi connectivity index (χ4n) is 2.45. The first-order chi connectivity index (χ1) is 10.2. The fourth-order valence-corrected chi connectivity index (χ4v) is 3.01. The first-order valence-corrected chi connectivity index (χ1v) is 7.71. The number of aromatic nitrogens is 2. The van der Waals surface area contributed by atoms with Gasteiger partial charge < -0.3 is 14.5 Å². The van der Waals surface area contributed by atoms with Crippen LogP contribution in [0.3, 0.4) is 0 Å². The number of nitrogens with zero attached hydrogens (tertiary/aromatic N) is 1. The van der Waals surface area contributed by atoms with Gasteiger partial charge in [0.25, 0.3) is 5.56 Å². The van der Waals surface area contributed by atoms with Crippen LogP contribution in [0, 0.1) is 0 Å². The van der Waals surface area contributed by atoms with Crippen LogP contribution in [0.4, 0.5) is 0 Å². The summed E-state index contributed by atoms with van der Waals surface area (Å²) in [4.78, 5) is 19.2. The molecule has 4 rings (SSSR count). The van der Waals surface area contributed by atoms with E-state index in [2.05, 4.69) is 25.9 Å². The molecule has 0 unspecified atom stereocenters. The molecule has 2 heterocycles. The van der Waals surface area contributed by atoms with Gasteiger partial charge >= 0.3 is 0 Å². The quantitative estimate of drug-likeness (QED) is 0.906. The van der Waals surface area contributed by atoms with Gasteiger partial charge in [-0.2, -0.15) is 0 Å². The van der Waals surface area contributed by atoms with Crippen molar-refractivity contribution in [3.63, 3.8) is 0 Å². The van der Waals surface area contributed by atoms with Crippen LogP contribution in [0.2, 0.25) is 0 Å². The Labute approximate surface area is 129 Å².